The van der Waals surface area contributed by atoms with Gasteiger partial charge in [0, 0.05) is 11.7 Å². The first kappa shape index (κ1) is 17.1. The molecular formula is C17H20FN5O2. The molecule has 2 unspecified atom stereocenters. The number of aromatic nitrogens is 3. The lowest BCUT2D eigenvalue weighted by molar-refractivity contribution is -0.136. The standard InChI is InChI=1S/C17H20FN5O2/c1-11-3-2-4-12(7-11)21-16(24)17(25)22-13-5-6-15(14(18)8-13)23-10-19-9-20-23/h5-6,8-12H,2-4,7H2,1H3,(H,21,24)(H,22,25). The van der Waals surface area contributed by atoms with Crippen molar-refractivity contribution in [2.75, 3.05) is 5.32 Å². The van der Waals surface area contributed by atoms with E-state index in [4.69, 9.17) is 0 Å². The van der Waals surface area contributed by atoms with Crippen molar-refractivity contribution >= 4 is 17.5 Å². The van der Waals surface area contributed by atoms with Crippen LogP contribution in [0, 0.1) is 11.7 Å². The maximum Gasteiger partial charge on any atom is 0.313 e. The molecule has 2 N–H and O–H groups in total. The zero-order valence-electron chi connectivity index (χ0n) is 13.9. The number of carbonyl (C=O) groups is 2. The molecule has 1 aliphatic carbocycles. The summed E-state index contributed by atoms with van der Waals surface area (Å²) in [4.78, 5) is 27.8. The number of hydrogen-bond donors (Lipinski definition) is 2. The lowest BCUT2D eigenvalue weighted by Gasteiger charge is -2.27. The largest absolute Gasteiger partial charge is 0.345 e. The van der Waals surface area contributed by atoms with Gasteiger partial charge in [-0.2, -0.15) is 5.10 Å². The highest BCUT2D eigenvalue weighted by atomic mass is 19.1. The first-order valence-corrected chi connectivity index (χ1v) is 8.29. The van der Waals surface area contributed by atoms with Crippen LogP contribution in [0.4, 0.5) is 10.1 Å². The van der Waals surface area contributed by atoms with Crippen molar-refractivity contribution in [1.82, 2.24) is 20.1 Å². The van der Waals surface area contributed by atoms with Crippen molar-refractivity contribution in [1.29, 1.82) is 0 Å². The van der Waals surface area contributed by atoms with Gasteiger partial charge in [0.15, 0.2) is 5.82 Å². The summed E-state index contributed by atoms with van der Waals surface area (Å²) in [6.07, 6.45) is 6.62. The highest BCUT2D eigenvalue weighted by Gasteiger charge is 2.23. The highest BCUT2D eigenvalue weighted by molar-refractivity contribution is 6.39. The lowest BCUT2D eigenvalue weighted by Crippen LogP contribution is -2.43. The van der Waals surface area contributed by atoms with E-state index in [0.29, 0.717) is 5.92 Å². The Labute approximate surface area is 144 Å². The fourth-order valence-corrected chi connectivity index (χ4v) is 3.11. The van der Waals surface area contributed by atoms with Crippen LogP contribution in [0.2, 0.25) is 0 Å². The molecule has 2 atom stereocenters. The van der Waals surface area contributed by atoms with Gasteiger partial charge in [-0.3, -0.25) is 9.59 Å². The van der Waals surface area contributed by atoms with E-state index < -0.39 is 17.6 Å². The molecule has 0 saturated heterocycles. The van der Waals surface area contributed by atoms with Gasteiger partial charge in [0.05, 0.1) is 0 Å². The molecule has 0 aliphatic heterocycles. The van der Waals surface area contributed by atoms with Crippen LogP contribution >= 0.6 is 0 Å². The topological polar surface area (TPSA) is 88.9 Å². The van der Waals surface area contributed by atoms with Crippen LogP contribution in [0.25, 0.3) is 5.69 Å². The quantitative estimate of drug-likeness (QED) is 0.833. The van der Waals surface area contributed by atoms with Crippen molar-refractivity contribution < 1.29 is 14.0 Å². The van der Waals surface area contributed by atoms with Crippen molar-refractivity contribution in [2.45, 2.75) is 38.6 Å². The second kappa shape index (κ2) is 7.42. The molecule has 1 saturated carbocycles. The van der Waals surface area contributed by atoms with Gasteiger partial charge in [0.25, 0.3) is 0 Å². The number of carbonyl (C=O) groups excluding carboxylic acids is 2. The Hall–Kier alpha value is -2.77. The molecule has 1 aliphatic rings. The third-order valence-corrected chi connectivity index (χ3v) is 4.35. The molecule has 0 bridgehead atoms. The van der Waals surface area contributed by atoms with E-state index in [9.17, 15) is 14.0 Å². The van der Waals surface area contributed by atoms with Crippen LogP contribution in [0.1, 0.15) is 32.6 Å². The molecule has 0 radical (unpaired) electrons. The van der Waals surface area contributed by atoms with Crippen LogP contribution in [0.5, 0.6) is 0 Å². The van der Waals surface area contributed by atoms with Gasteiger partial charge in [0.2, 0.25) is 0 Å². The zero-order chi connectivity index (χ0) is 17.8. The number of halogens is 1. The summed E-state index contributed by atoms with van der Waals surface area (Å²) in [5.74, 6) is -1.53. The van der Waals surface area contributed by atoms with E-state index in [1.54, 1.807) is 0 Å². The van der Waals surface area contributed by atoms with Gasteiger partial charge in [-0.05, 0) is 37.0 Å². The predicted octanol–water partition coefficient (Wildman–Crippen LogP) is 2.04. The number of rotatable bonds is 3. The molecule has 25 heavy (non-hydrogen) atoms. The van der Waals surface area contributed by atoms with E-state index in [0.717, 1.165) is 31.7 Å². The Morgan fingerprint density at radius 2 is 2.12 bits per heavy atom. The molecule has 1 heterocycles. The summed E-state index contributed by atoms with van der Waals surface area (Å²) in [5.41, 5.74) is 0.412. The van der Waals surface area contributed by atoms with E-state index in [1.807, 2.05) is 0 Å². The molecule has 1 fully saturated rings. The van der Waals surface area contributed by atoms with Crippen LogP contribution < -0.4 is 10.6 Å². The Kier molecular flexibility index (Phi) is 5.06. The fraction of sp³-hybridized carbons (Fsp3) is 0.412. The molecule has 1 aromatic heterocycles. The van der Waals surface area contributed by atoms with E-state index in [-0.39, 0.29) is 17.4 Å². The van der Waals surface area contributed by atoms with Crippen LogP contribution in [-0.2, 0) is 9.59 Å². The Morgan fingerprint density at radius 1 is 1.28 bits per heavy atom. The second-order valence-corrected chi connectivity index (χ2v) is 6.40. The highest BCUT2D eigenvalue weighted by Crippen LogP contribution is 2.23. The molecule has 0 spiro atoms. The number of anilines is 1. The van der Waals surface area contributed by atoms with Crippen molar-refractivity contribution in [3.8, 4) is 5.69 Å². The summed E-state index contributed by atoms with van der Waals surface area (Å²) in [5, 5.41) is 9.02. The Balaban J connectivity index is 1.60. The molecule has 7 nitrogen and oxygen atoms in total. The van der Waals surface area contributed by atoms with Crippen LogP contribution in [0.3, 0.4) is 0 Å². The molecular weight excluding hydrogens is 325 g/mol. The third-order valence-electron chi connectivity index (χ3n) is 4.35. The van der Waals surface area contributed by atoms with Gasteiger partial charge in [-0.15, -0.1) is 0 Å². The van der Waals surface area contributed by atoms with E-state index in [1.165, 1.54) is 29.5 Å². The van der Waals surface area contributed by atoms with Crippen LogP contribution in [-0.4, -0.2) is 32.6 Å². The average Bonchev–Trinajstić information content (AvgIpc) is 3.09. The van der Waals surface area contributed by atoms with Crippen molar-refractivity contribution in [3.63, 3.8) is 0 Å². The summed E-state index contributed by atoms with van der Waals surface area (Å²) in [6.45, 7) is 2.14. The van der Waals surface area contributed by atoms with Crippen molar-refractivity contribution in [3.05, 3.63) is 36.7 Å². The number of amides is 2. The number of nitrogens with one attached hydrogen (secondary N) is 2. The average molecular weight is 345 g/mol. The van der Waals surface area contributed by atoms with Gasteiger partial charge < -0.3 is 10.6 Å². The number of nitrogens with zero attached hydrogens (tertiary/aromatic N) is 3. The minimum Gasteiger partial charge on any atom is -0.345 e. The maximum absolute atomic E-state index is 14.1. The van der Waals surface area contributed by atoms with E-state index in [2.05, 4.69) is 27.6 Å². The van der Waals surface area contributed by atoms with Gasteiger partial charge in [-0.25, -0.2) is 14.1 Å². The van der Waals surface area contributed by atoms with Crippen LogP contribution in [0.15, 0.2) is 30.9 Å². The van der Waals surface area contributed by atoms with E-state index >= 15 is 0 Å². The Morgan fingerprint density at radius 3 is 2.80 bits per heavy atom. The minimum absolute atomic E-state index is 0.0217. The summed E-state index contributed by atoms with van der Waals surface area (Å²) in [6, 6.07) is 4.13. The monoisotopic (exact) mass is 345 g/mol. The van der Waals surface area contributed by atoms with Gasteiger partial charge in [0.1, 0.15) is 18.3 Å². The lowest BCUT2D eigenvalue weighted by atomic mass is 9.87. The molecule has 1 aromatic carbocycles. The van der Waals surface area contributed by atoms with Gasteiger partial charge >= 0.3 is 11.8 Å². The summed E-state index contributed by atoms with van der Waals surface area (Å²) in [7, 11) is 0. The molecule has 132 valence electrons. The van der Waals surface area contributed by atoms with Crippen molar-refractivity contribution in [2.24, 2.45) is 5.92 Å². The molecule has 8 heteroatoms. The smallest absolute Gasteiger partial charge is 0.313 e. The summed E-state index contributed by atoms with van der Waals surface area (Å²) >= 11 is 0. The third kappa shape index (κ3) is 4.20. The molecule has 2 aromatic rings. The molecule has 2 amide bonds. The zero-order valence-corrected chi connectivity index (χ0v) is 13.9. The fourth-order valence-electron chi connectivity index (χ4n) is 3.11. The first-order valence-electron chi connectivity index (χ1n) is 8.29. The first-order chi connectivity index (χ1) is 12.0. The summed E-state index contributed by atoms with van der Waals surface area (Å²) < 4.78 is 15.4. The SMILES string of the molecule is CC1CCCC(NC(=O)C(=O)Nc2ccc(-n3cncn3)c(F)c2)C1. The number of benzene rings is 1. The second-order valence-electron chi connectivity index (χ2n) is 6.40. The normalized spacial score (nSPS) is 20.1. The maximum atomic E-state index is 14.1. The Bertz CT molecular complexity index is 762. The predicted molar refractivity (Wildman–Crippen MR) is 89.5 cm³/mol. The molecule has 3 rings (SSSR count). The number of hydrogen-bond acceptors (Lipinski definition) is 4. The van der Waals surface area contributed by atoms with Gasteiger partial charge in [-0.1, -0.05) is 19.8 Å². The minimum atomic E-state index is -0.800.